The maximum atomic E-state index is 12.9. The molecule has 1 fully saturated rings. The van der Waals surface area contributed by atoms with E-state index >= 15 is 0 Å². The number of hydrogen-bond acceptors (Lipinski definition) is 5. The summed E-state index contributed by atoms with van der Waals surface area (Å²) in [4.78, 5) is 39.9. The highest BCUT2D eigenvalue weighted by atomic mass is 32.1. The largest absolute Gasteiger partial charge is 0.369 e. The lowest BCUT2D eigenvalue weighted by Crippen LogP contribution is -2.51. The van der Waals surface area contributed by atoms with E-state index in [0.29, 0.717) is 17.9 Å². The fourth-order valence-electron chi connectivity index (χ4n) is 5.24. The Kier molecular flexibility index (Phi) is 10.9. The fraction of sp³-hybridized carbons (Fsp3) is 0.548. The van der Waals surface area contributed by atoms with Gasteiger partial charge < -0.3 is 20.9 Å². The standard InChI is InChI=1S/C31H44N4O3S/c1-6-25(32-23(5)30(38)33-26-13-12-24(20-39)19-22(26)4)29(21(2)3)34-27(36)11-8-7-9-18-35-28(37)14-17-31(35)15-10-16-31/h12-14,17,19,21,23,29,32,39H,1,7-11,15-16,18,20H2,2-5H3,(H,33,38)(H,34,36)/t23-,29-/m0/s1. The Morgan fingerprint density at radius 1 is 1.15 bits per heavy atom. The van der Waals surface area contributed by atoms with Crippen molar-refractivity contribution >= 4 is 36.0 Å². The van der Waals surface area contributed by atoms with Crippen LogP contribution in [0.2, 0.25) is 0 Å². The molecule has 0 radical (unpaired) electrons. The summed E-state index contributed by atoms with van der Waals surface area (Å²) in [6.07, 6.45) is 10.0. The van der Waals surface area contributed by atoms with Gasteiger partial charge in [-0.05, 0) is 69.1 Å². The number of benzene rings is 1. The van der Waals surface area contributed by atoms with Crippen LogP contribution in [0.4, 0.5) is 5.69 Å². The van der Waals surface area contributed by atoms with Gasteiger partial charge in [-0.2, -0.15) is 12.6 Å². The van der Waals surface area contributed by atoms with Gasteiger partial charge in [-0.1, -0.05) is 45.1 Å². The van der Waals surface area contributed by atoms with Gasteiger partial charge in [0.2, 0.25) is 17.7 Å². The molecule has 0 saturated heterocycles. The first-order valence-corrected chi connectivity index (χ1v) is 14.7. The van der Waals surface area contributed by atoms with Crippen molar-refractivity contribution in [2.24, 2.45) is 5.92 Å². The van der Waals surface area contributed by atoms with Gasteiger partial charge in [0.25, 0.3) is 0 Å². The van der Waals surface area contributed by atoms with Gasteiger partial charge in [-0.15, -0.1) is 5.73 Å². The first-order chi connectivity index (χ1) is 18.6. The number of hydrogen-bond donors (Lipinski definition) is 4. The predicted molar refractivity (Wildman–Crippen MR) is 160 cm³/mol. The third-order valence-corrected chi connectivity index (χ3v) is 8.19. The molecule has 39 heavy (non-hydrogen) atoms. The Balaban J connectivity index is 1.45. The molecule has 3 N–H and O–H groups in total. The predicted octanol–water partition coefficient (Wildman–Crippen LogP) is 5.03. The number of thiol groups is 1. The summed E-state index contributed by atoms with van der Waals surface area (Å²) in [7, 11) is 0. The first kappa shape index (κ1) is 30.6. The van der Waals surface area contributed by atoms with Crippen LogP contribution in [0.3, 0.4) is 0 Å². The van der Waals surface area contributed by atoms with Crippen LogP contribution in [0.1, 0.15) is 76.8 Å². The van der Waals surface area contributed by atoms with E-state index in [2.05, 4.69) is 47.0 Å². The summed E-state index contributed by atoms with van der Waals surface area (Å²) in [5.41, 5.74) is 6.29. The number of rotatable bonds is 14. The summed E-state index contributed by atoms with van der Waals surface area (Å²) in [5, 5.41) is 9.28. The van der Waals surface area contributed by atoms with Gasteiger partial charge in [-0.25, -0.2) is 0 Å². The lowest BCUT2D eigenvalue weighted by atomic mass is 9.76. The van der Waals surface area contributed by atoms with E-state index in [4.69, 9.17) is 0 Å². The number of carbonyl (C=O) groups excluding carboxylic acids is 3. The highest BCUT2D eigenvalue weighted by Gasteiger charge is 2.45. The van der Waals surface area contributed by atoms with Crippen LogP contribution >= 0.6 is 12.6 Å². The lowest BCUT2D eigenvalue weighted by Gasteiger charge is -2.45. The molecule has 1 heterocycles. The Labute approximate surface area is 239 Å². The molecule has 1 aromatic carbocycles. The topological polar surface area (TPSA) is 90.5 Å². The van der Waals surface area contributed by atoms with Crippen molar-refractivity contribution in [3.8, 4) is 0 Å². The average Bonchev–Trinajstić information content (AvgIpc) is 3.23. The van der Waals surface area contributed by atoms with E-state index in [1.165, 1.54) is 6.42 Å². The van der Waals surface area contributed by atoms with Gasteiger partial charge in [0.1, 0.15) is 6.04 Å². The van der Waals surface area contributed by atoms with Gasteiger partial charge in [0, 0.05) is 30.5 Å². The van der Waals surface area contributed by atoms with Crippen molar-refractivity contribution in [1.82, 2.24) is 15.5 Å². The monoisotopic (exact) mass is 552 g/mol. The minimum Gasteiger partial charge on any atom is -0.369 e. The Hall–Kier alpha value is -2.96. The highest BCUT2D eigenvalue weighted by Crippen LogP contribution is 2.42. The van der Waals surface area contributed by atoms with Crippen LogP contribution in [0.25, 0.3) is 0 Å². The number of nitrogens with one attached hydrogen (secondary N) is 3. The average molecular weight is 553 g/mol. The van der Waals surface area contributed by atoms with Crippen molar-refractivity contribution in [1.29, 1.82) is 0 Å². The second-order valence-corrected chi connectivity index (χ2v) is 11.4. The molecule has 0 unspecified atom stereocenters. The van der Waals surface area contributed by atoms with Crippen molar-refractivity contribution in [3.63, 3.8) is 0 Å². The third-order valence-electron chi connectivity index (χ3n) is 7.83. The number of nitrogens with zero attached hydrogens (tertiary/aromatic N) is 1. The Morgan fingerprint density at radius 2 is 1.90 bits per heavy atom. The van der Waals surface area contributed by atoms with Gasteiger partial charge in [0.05, 0.1) is 17.3 Å². The van der Waals surface area contributed by atoms with E-state index in [1.54, 1.807) is 13.0 Å². The molecule has 1 spiro atoms. The molecule has 3 amide bonds. The number of anilines is 1. The molecule has 0 aromatic heterocycles. The zero-order chi connectivity index (χ0) is 28.6. The minimum atomic E-state index is -0.557. The van der Waals surface area contributed by atoms with Crippen molar-refractivity contribution in [3.05, 3.63) is 59.5 Å². The van der Waals surface area contributed by atoms with Crippen LogP contribution in [0.5, 0.6) is 0 Å². The lowest BCUT2D eigenvalue weighted by molar-refractivity contribution is -0.131. The zero-order valence-electron chi connectivity index (χ0n) is 23.8. The number of unbranched alkanes of at least 4 members (excludes halogenated alkanes) is 2. The van der Waals surface area contributed by atoms with E-state index < -0.39 is 6.04 Å². The molecular formula is C31H44N4O3S. The first-order valence-electron chi connectivity index (χ1n) is 14.1. The summed E-state index contributed by atoms with van der Waals surface area (Å²) in [6, 6.07) is 4.94. The fourth-order valence-corrected chi connectivity index (χ4v) is 5.44. The number of aryl methyl sites for hydroxylation is 1. The molecule has 7 nitrogen and oxygen atoms in total. The van der Waals surface area contributed by atoms with E-state index in [0.717, 1.165) is 55.5 Å². The Bertz CT molecular complexity index is 1130. The molecule has 212 valence electrons. The molecular weight excluding hydrogens is 508 g/mol. The summed E-state index contributed by atoms with van der Waals surface area (Å²) in [5.74, 6) is 0.599. The maximum absolute atomic E-state index is 12.9. The van der Waals surface area contributed by atoms with Gasteiger partial charge >= 0.3 is 0 Å². The van der Waals surface area contributed by atoms with Gasteiger partial charge in [-0.3, -0.25) is 14.4 Å². The normalized spacial score (nSPS) is 17.0. The SMILES string of the molecule is C=C=C(N[C@@H](C)C(=O)Nc1ccc(CS)cc1C)[C@@H](NC(=O)CCCCCN1C(=O)C=CC12CCC2)C(C)C. The molecule has 3 rings (SSSR count). The second-order valence-electron chi connectivity index (χ2n) is 11.1. The molecule has 2 atom stereocenters. The van der Waals surface area contributed by atoms with Crippen LogP contribution in [0.15, 0.2) is 48.4 Å². The minimum absolute atomic E-state index is 0.0247. The van der Waals surface area contributed by atoms with Crippen molar-refractivity contribution < 1.29 is 14.4 Å². The van der Waals surface area contributed by atoms with Gasteiger partial charge in [0.15, 0.2) is 0 Å². The quantitative estimate of drug-likeness (QED) is 0.148. The van der Waals surface area contributed by atoms with Crippen molar-refractivity contribution in [2.45, 2.75) is 96.0 Å². The third kappa shape index (κ3) is 7.80. The van der Waals surface area contributed by atoms with Crippen LogP contribution < -0.4 is 16.0 Å². The molecule has 0 bridgehead atoms. The van der Waals surface area contributed by atoms with Crippen LogP contribution in [0, 0.1) is 12.8 Å². The molecule has 1 aliphatic carbocycles. The van der Waals surface area contributed by atoms with E-state index in [1.807, 2.05) is 43.9 Å². The highest BCUT2D eigenvalue weighted by molar-refractivity contribution is 7.79. The molecule has 2 aliphatic rings. The van der Waals surface area contributed by atoms with Crippen LogP contribution in [-0.4, -0.2) is 46.8 Å². The van der Waals surface area contributed by atoms with E-state index in [9.17, 15) is 14.4 Å². The molecule has 1 aromatic rings. The summed E-state index contributed by atoms with van der Waals surface area (Å²) < 4.78 is 0. The second kappa shape index (κ2) is 13.9. The van der Waals surface area contributed by atoms with Crippen molar-refractivity contribution in [2.75, 3.05) is 11.9 Å². The Morgan fingerprint density at radius 3 is 2.49 bits per heavy atom. The number of carbonyl (C=O) groups is 3. The maximum Gasteiger partial charge on any atom is 0.247 e. The number of amides is 3. The molecule has 8 heteroatoms. The summed E-state index contributed by atoms with van der Waals surface area (Å²) >= 11 is 4.30. The zero-order valence-corrected chi connectivity index (χ0v) is 24.7. The molecule has 1 saturated carbocycles. The summed E-state index contributed by atoms with van der Waals surface area (Å²) in [6.45, 7) is 12.3. The van der Waals surface area contributed by atoms with Crippen LogP contribution in [-0.2, 0) is 20.1 Å². The molecule has 1 aliphatic heterocycles. The smallest absolute Gasteiger partial charge is 0.247 e. The van der Waals surface area contributed by atoms with E-state index in [-0.39, 0.29) is 35.2 Å².